The van der Waals surface area contributed by atoms with Gasteiger partial charge in [-0.15, -0.1) is 0 Å². The van der Waals surface area contributed by atoms with Crippen LogP contribution in [0.15, 0.2) is 12.4 Å². The fourth-order valence-electron chi connectivity index (χ4n) is 0.918. The maximum atomic E-state index is 12.2. The highest BCUT2D eigenvalue weighted by molar-refractivity contribution is 6.60. The van der Waals surface area contributed by atoms with Crippen molar-refractivity contribution >= 4 is 18.3 Å². The van der Waals surface area contributed by atoms with Crippen LogP contribution < -0.4 is 11.2 Å². The summed E-state index contributed by atoms with van der Waals surface area (Å²) in [5.74, 6) is 0. The van der Waals surface area contributed by atoms with E-state index in [4.69, 9.17) is 15.8 Å². The number of alkyl halides is 3. The highest BCUT2D eigenvalue weighted by Gasteiger charge is 2.35. The number of pyridine rings is 1. The van der Waals surface area contributed by atoms with Gasteiger partial charge in [-0.1, -0.05) is 0 Å². The highest BCUT2D eigenvalue weighted by atomic mass is 19.4. The molecule has 0 aromatic carbocycles. The predicted molar refractivity (Wildman–Crippen MR) is 43.5 cm³/mol. The summed E-state index contributed by atoms with van der Waals surface area (Å²) in [5.41, 5.74) is 2.73. The van der Waals surface area contributed by atoms with E-state index >= 15 is 0 Å². The third kappa shape index (κ3) is 1.96. The molecule has 0 bridgehead atoms. The molecule has 0 saturated heterocycles. The van der Waals surface area contributed by atoms with E-state index < -0.39 is 30.0 Å². The summed E-state index contributed by atoms with van der Waals surface area (Å²) in [7, 11) is -2.06. The predicted octanol–water partition coefficient (Wildman–Crippen LogP) is -0.638. The molecule has 0 spiro atoms. The number of nitrogens with two attached hydrogens (primary N) is 1. The number of halogens is 3. The maximum absolute atomic E-state index is 12.2. The number of aromatic nitrogens is 1. The summed E-state index contributed by atoms with van der Waals surface area (Å²) in [6.45, 7) is 0. The van der Waals surface area contributed by atoms with Gasteiger partial charge in [0, 0.05) is 23.5 Å². The van der Waals surface area contributed by atoms with E-state index in [1.165, 1.54) is 0 Å². The first kappa shape index (κ1) is 10.8. The molecular weight excluding hydrogens is 200 g/mol. The number of rotatable bonds is 1. The van der Waals surface area contributed by atoms with E-state index in [2.05, 4.69) is 4.98 Å². The molecule has 1 aromatic heterocycles. The van der Waals surface area contributed by atoms with Crippen molar-refractivity contribution in [3.8, 4) is 0 Å². The van der Waals surface area contributed by atoms with Gasteiger partial charge in [-0.2, -0.15) is 13.2 Å². The summed E-state index contributed by atoms with van der Waals surface area (Å²) in [4.78, 5) is 3.21. The molecule has 0 saturated carbocycles. The molecular formula is C6H6BF3N2O2. The van der Waals surface area contributed by atoms with Gasteiger partial charge in [-0.25, -0.2) is 0 Å². The molecule has 1 aromatic rings. The number of nitrogen functional groups attached to an aromatic ring is 1. The Hall–Kier alpha value is -1.28. The van der Waals surface area contributed by atoms with Gasteiger partial charge in [-0.3, -0.25) is 4.98 Å². The molecule has 14 heavy (non-hydrogen) atoms. The Morgan fingerprint density at radius 3 is 2.29 bits per heavy atom. The average Bonchev–Trinajstić information content (AvgIpc) is 2.01. The van der Waals surface area contributed by atoms with E-state index in [1.807, 2.05) is 0 Å². The van der Waals surface area contributed by atoms with E-state index in [1.54, 1.807) is 0 Å². The van der Waals surface area contributed by atoms with Crippen LogP contribution in [0, 0.1) is 0 Å². The molecule has 0 aliphatic heterocycles. The lowest BCUT2D eigenvalue weighted by atomic mass is 9.79. The molecule has 0 fully saturated rings. The second-order valence-electron chi connectivity index (χ2n) is 2.56. The molecule has 0 radical (unpaired) electrons. The number of nitrogens with zero attached hydrogens (tertiary/aromatic N) is 1. The van der Waals surface area contributed by atoms with Crippen LogP contribution in [0.5, 0.6) is 0 Å². The van der Waals surface area contributed by atoms with Crippen LogP contribution in [0.3, 0.4) is 0 Å². The van der Waals surface area contributed by atoms with Crippen LogP contribution in [0.1, 0.15) is 5.56 Å². The van der Waals surface area contributed by atoms with Crippen LogP contribution in [-0.4, -0.2) is 22.2 Å². The molecule has 0 aliphatic carbocycles. The summed E-state index contributed by atoms with van der Waals surface area (Å²) < 4.78 is 36.6. The van der Waals surface area contributed by atoms with Gasteiger partial charge in [0.15, 0.2) is 0 Å². The lowest BCUT2D eigenvalue weighted by Crippen LogP contribution is -2.34. The zero-order valence-corrected chi connectivity index (χ0v) is 6.78. The van der Waals surface area contributed by atoms with Crippen molar-refractivity contribution in [3.05, 3.63) is 18.0 Å². The number of hydrogen-bond acceptors (Lipinski definition) is 4. The van der Waals surface area contributed by atoms with Gasteiger partial charge in [0.1, 0.15) is 0 Å². The number of anilines is 1. The monoisotopic (exact) mass is 206 g/mol. The molecule has 1 rings (SSSR count). The van der Waals surface area contributed by atoms with E-state index in [-0.39, 0.29) is 0 Å². The smallest absolute Gasteiger partial charge is 0.423 e. The molecule has 76 valence electrons. The first-order valence-corrected chi connectivity index (χ1v) is 3.50. The SMILES string of the molecule is Nc1c(B(O)O)cncc1C(F)(F)F. The molecule has 0 aliphatic rings. The Bertz CT molecular complexity index is 342. The Labute approximate surface area is 77.3 Å². The quantitative estimate of drug-likeness (QED) is 0.534. The maximum Gasteiger partial charge on any atom is 0.492 e. The Balaban J connectivity index is 3.28. The van der Waals surface area contributed by atoms with Crippen LogP contribution >= 0.6 is 0 Å². The summed E-state index contributed by atoms with van der Waals surface area (Å²) in [5, 5.41) is 17.3. The Kier molecular flexibility index (Phi) is 2.67. The topological polar surface area (TPSA) is 79.4 Å². The van der Waals surface area contributed by atoms with Gasteiger partial charge in [0.05, 0.1) is 5.56 Å². The van der Waals surface area contributed by atoms with Gasteiger partial charge in [0.25, 0.3) is 0 Å². The number of hydrogen-bond donors (Lipinski definition) is 3. The average molecular weight is 206 g/mol. The summed E-state index contributed by atoms with van der Waals surface area (Å²) >= 11 is 0. The van der Waals surface area contributed by atoms with Crippen molar-refractivity contribution in [2.24, 2.45) is 0 Å². The van der Waals surface area contributed by atoms with Gasteiger partial charge in [0.2, 0.25) is 0 Å². The first-order valence-electron chi connectivity index (χ1n) is 3.50. The Morgan fingerprint density at radius 1 is 1.29 bits per heavy atom. The second kappa shape index (κ2) is 3.47. The highest BCUT2D eigenvalue weighted by Crippen LogP contribution is 2.31. The minimum absolute atomic E-state index is 0.458. The van der Waals surface area contributed by atoms with Crippen molar-refractivity contribution in [3.63, 3.8) is 0 Å². The van der Waals surface area contributed by atoms with Crippen molar-refractivity contribution in [1.29, 1.82) is 0 Å². The normalized spacial score (nSPS) is 11.5. The van der Waals surface area contributed by atoms with Crippen LogP contribution in [0.25, 0.3) is 0 Å². The van der Waals surface area contributed by atoms with Crippen molar-refractivity contribution < 1.29 is 23.2 Å². The lowest BCUT2D eigenvalue weighted by molar-refractivity contribution is -0.137. The minimum atomic E-state index is -4.65. The second-order valence-corrected chi connectivity index (χ2v) is 2.56. The summed E-state index contributed by atoms with van der Waals surface area (Å²) in [6, 6.07) is 0. The summed E-state index contributed by atoms with van der Waals surface area (Å²) in [6.07, 6.45) is -3.25. The van der Waals surface area contributed by atoms with Crippen molar-refractivity contribution in [2.75, 3.05) is 5.73 Å². The third-order valence-electron chi connectivity index (χ3n) is 1.60. The molecule has 8 heteroatoms. The molecule has 0 atom stereocenters. The fourth-order valence-corrected chi connectivity index (χ4v) is 0.918. The zero-order valence-electron chi connectivity index (χ0n) is 6.78. The standard InChI is InChI=1S/C6H6BF3N2O2/c8-6(9,10)3-1-12-2-4(5(3)11)7(13)14/h1-2,13-14H,(H2,11,12). The van der Waals surface area contributed by atoms with E-state index in [0.717, 1.165) is 6.20 Å². The van der Waals surface area contributed by atoms with Gasteiger partial charge in [-0.05, 0) is 0 Å². The minimum Gasteiger partial charge on any atom is -0.423 e. The van der Waals surface area contributed by atoms with Crippen LogP contribution in [0.4, 0.5) is 18.9 Å². The molecule has 0 unspecified atom stereocenters. The molecule has 0 amide bonds. The van der Waals surface area contributed by atoms with Crippen LogP contribution in [0.2, 0.25) is 0 Å². The Morgan fingerprint density at radius 2 is 1.86 bits per heavy atom. The fraction of sp³-hybridized carbons (Fsp3) is 0.167. The van der Waals surface area contributed by atoms with Crippen LogP contribution in [-0.2, 0) is 6.18 Å². The lowest BCUT2D eigenvalue weighted by Gasteiger charge is -2.11. The van der Waals surface area contributed by atoms with Crippen molar-refractivity contribution in [2.45, 2.75) is 6.18 Å². The van der Waals surface area contributed by atoms with Gasteiger partial charge >= 0.3 is 13.3 Å². The van der Waals surface area contributed by atoms with E-state index in [0.29, 0.717) is 6.20 Å². The van der Waals surface area contributed by atoms with E-state index in [9.17, 15) is 13.2 Å². The largest absolute Gasteiger partial charge is 0.492 e. The van der Waals surface area contributed by atoms with Gasteiger partial charge < -0.3 is 15.8 Å². The third-order valence-corrected chi connectivity index (χ3v) is 1.60. The zero-order chi connectivity index (χ0) is 10.9. The molecule has 4 N–H and O–H groups in total. The molecule has 1 heterocycles. The molecule has 4 nitrogen and oxygen atoms in total. The first-order chi connectivity index (χ1) is 6.34. The van der Waals surface area contributed by atoms with Crippen molar-refractivity contribution in [1.82, 2.24) is 4.98 Å².